The molecule has 2 N–H and O–H groups in total. The Morgan fingerprint density at radius 2 is 2.04 bits per heavy atom. The highest BCUT2D eigenvalue weighted by Gasteiger charge is 2.37. The van der Waals surface area contributed by atoms with E-state index < -0.39 is 30.4 Å². The molecule has 1 aliphatic heterocycles. The van der Waals surface area contributed by atoms with Gasteiger partial charge in [-0.2, -0.15) is 0 Å². The van der Waals surface area contributed by atoms with Crippen molar-refractivity contribution >= 4 is 41.1 Å². The molecule has 2 rings (SSSR count). The van der Waals surface area contributed by atoms with Gasteiger partial charge in [0.1, 0.15) is 5.75 Å². The number of halogens is 1. The maximum absolute atomic E-state index is 12.3. The van der Waals surface area contributed by atoms with Gasteiger partial charge in [-0.15, -0.1) is 0 Å². The Hall–Kier alpha value is -2.81. The second-order valence-corrected chi connectivity index (χ2v) is 6.94. The minimum absolute atomic E-state index is 0.0655. The lowest BCUT2D eigenvalue weighted by molar-refractivity contribution is -0.152. The van der Waals surface area contributed by atoms with Crippen molar-refractivity contribution in [1.82, 2.24) is 10.6 Å². The van der Waals surface area contributed by atoms with Crippen LogP contribution in [-0.2, 0) is 19.1 Å². The Bertz CT molecular complexity index is 783. The summed E-state index contributed by atoms with van der Waals surface area (Å²) in [6.45, 7) is 2.93. The molecule has 0 aliphatic carbocycles. The van der Waals surface area contributed by atoms with Crippen LogP contribution in [0.15, 0.2) is 18.2 Å². The van der Waals surface area contributed by atoms with Gasteiger partial charge in [0.25, 0.3) is 5.91 Å². The van der Waals surface area contributed by atoms with E-state index >= 15 is 0 Å². The molecule has 0 radical (unpaired) electrons. The van der Waals surface area contributed by atoms with Crippen molar-refractivity contribution in [3.63, 3.8) is 0 Å². The normalized spacial score (nSPS) is 16.1. The van der Waals surface area contributed by atoms with E-state index in [2.05, 4.69) is 5.32 Å². The van der Waals surface area contributed by atoms with Crippen molar-refractivity contribution in [2.24, 2.45) is 5.92 Å². The first kappa shape index (κ1) is 21.5. The number of esters is 1. The minimum atomic E-state index is -0.760. The summed E-state index contributed by atoms with van der Waals surface area (Å²) in [7, 11) is 1.47. The fourth-order valence-electron chi connectivity index (χ4n) is 2.69. The predicted octanol–water partition coefficient (Wildman–Crippen LogP) is 1.48. The molecule has 152 valence electrons. The molecule has 1 fully saturated rings. The number of benzene rings is 1. The van der Waals surface area contributed by atoms with Gasteiger partial charge in [-0.05, 0) is 32.0 Å². The van der Waals surface area contributed by atoms with E-state index in [-0.39, 0.29) is 24.9 Å². The van der Waals surface area contributed by atoms with E-state index in [9.17, 15) is 19.2 Å². The van der Waals surface area contributed by atoms with Gasteiger partial charge in [-0.3, -0.25) is 19.7 Å². The Morgan fingerprint density at radius 1 is 1.32 bits per heavy atom. The van der Waals surface area contributed by atoms with E-state index in [0.717, 1.165) is 0 Å². The Labute approximate surface area is 167 Å². The largest absolute Gasteiger partial charge is 0.495 e. The van der Waals surface area contributed by atoms with Crippen molar-refractivity contribution in [2.45, 2.75) is 26.3 Å². The van der Waals surface area contributed by atoms with Crippen LogP contribution in [0.4, 0.5) is 10.5 Å². The molecule has 1 aliphatic rings. The molecule has 0 saturated carbocycles. The zero-order valence-corrected chi connectivity index (χ0v) is 16.5. The number of ether oxygens (including phenoxy) is 2. The number of imide groups is 1. The van der Waals surface area contributed by atoms with E-state index in [0.29, 0.717) is 16.5 Å². The smallest absolute Gasteiger partial charge is 0.321 e. The summed E-state index contributed by atoms with van der Waals surface area (Å²) in [5, 5.41) is 4.95. The van der Waals surface area contributed by atoms with Crippen LogP contribution in [0.5, 0.6) is 5.75 Å². The number of hydrogen-bond acceptors (Lipinski definition) is 6. The number of urea groups is 1. The van der Waals surface area contributed by atoms with Gasteiger partial charge in [0.2, 0.25) is 5.91 Å². The van der Waals surface area contributed by atoms with Crippen LogP contribution in [0.3, 0.4) is 0 Å². The third-order valence-corrected chi connectivity index (χ3v) is 4.14. The standard InChI is InChI=1S/C18H22ClN3O6/c1-10(2)20-18(26)21-15(23)9-28-17(25)11-6-16(24)22(8-11)13-7-12(19)4-5-14(13)27-3/h4-5,7,10-11H,6,8-9H2,1-3H3,(H2,20,21,23,26)/t11-/m0/s1. The lowest BCUT2D eigenvalue weighted by atomic mass is 10.1. The van der Waals surface area contributed by atoms with Crippen LogP contribution in [0.1, 0.15) is 20.3 Å². The first-order chi connectivity index (χ1) is 13.2. The fraction of sp³-hybridized carbons (Fsp3) is 0.444. The molecule has 28 heavy (non-hydrogen) atoms. The van der Waals surface area contributed by atoms with E-state index in [1.807, 2.05) is 5.32 Å². The fourth-order valence-corrected chi connectivity index (χ4v) is 2.85. The van der Waals surface area contributed by atoms with Gasteiger partial charge in [-0.1, -0.05) is 11.6 Å². The molecule has 1 heterocycles. The van der Waals surface area contributed by atoms with Crippen LogP contribution < -0.4 is 20.3 Å². The second kappa shape index (κ2) is 9.41. The molecule has 1 saturated heterocycles. The van der Waals surface area contributed by atoms with Gasteiger partial charge >= 0.3 is 12.0 Å². The molecule has 0 bridgehead atoms. The van der Waals surface area contributed by atoms with Crippen LogP contribution in [0.25, 0.3) is 0 Å². The molecular weight excluding hydrogens is 390 g/mol. The van der Waals surface area contributed by atoms with Crippen LogP contribution in [-0.4, -0.2) is 50.1 Å². The number of rotatable bonds is 6. The van der Waals surface area contributed by atoms with Gasteiger partial charge in [0, 0.05) is 24.0 Å². The topological polar surface area (TPSA) is 114 Å². The quantitative estimate of drug-likeness (QED) is 0.685. The zero-order chi connectivity index (χ0) is 20.8. The van der Waals surface area contributed by atoms with Crippen LogP contribution in [0.2, 0.25) is 5.02 Å². The summed E-state index contributed by atoms with van der Waals surface area (Å²) < 4.78 is 10.2. The third-order valence-electron chi connectivity index (χ3n) is 3.91. The maximum Gasteiger partial charge on any atom is 0.321 e. The van der Waals surface area contributed by atoms with Crippen LogP contribution >= 0.6 is 11.6 Å². The summed E-state index contributed by atoms with van der Waals surface area (Å²) >= 11 is 5.99. The minimum Gasteiger partial charge on any atom is -0.495 e. The number of hydrogen-bond donors (Lipinski definition) is 2. The first-order valence-electron chi connectivity index (χ1n) is 8.62. The Morgan fingerprint density at radius 3 is 2.68 bits per heavy atom. The zero-order valence-electron chi connectivity index (χ0n) is 15.8. The molecule has 0 aromatic heterocycles. The number of nitrogens with one attached hydrogen (secondary N) is 2. The van der Waals surface area contributed by atoms with E-state index in [4.69, 9.17) is 21.1 Å². The van der Waals surface area contributed by atoms with E-state index in [1.165, 1.54) is 12.0 Å². The number of carbonyl (C=O) groups excluding carboxylic acids is 4. The average molecular weight is 412 g/mol. The first-order valence-corrected chi connectivity index (χ1v) is 9.00. The summed E-state index contributed by atoms with van der Waals surface area (Å²) in [5.74, 6) is -2.04. The summed E-state index contributed by atoms with van der Waals surface area (Å²) in [5.41, 5.74) is 0.457. The van der Waals surface area contributed by atoms with Gasteiger partial charge in [-0.25, -0.2) is 4.79 Å². The lowest BCUT2D eigenvalue weighted by Crippen LogP contribution is -2.44. The molecule has 1 aromatic carbocycles. The Balaban J connectivity index is 1.93. The van der Waals surface area contributed by atoms with Gasteiger partial charge < -0.3 is 19.7 Å². The Kier molecular flexibility index (Phi) is 7.22. The number of nitrogens with zero attached hydrogens (tertiary/aromatic N) is 1. The predicted molar refractivity (Wildman–Crippen MR) is 101 cm³/mol. The van der Waals surface area contributed by atoms with Crippen molar-refractivity contribution in [1.29, 1.82) is 0 Å². The summed E-state index contributed by atoms with van der Waals surface area (Å²) in [6.07, 6.45) is -0.0655. The monoisotopic (exact) mass is 411 g/mol. The van der Waals surface area contributed by atoms with Gasteiger partial charge in [0.05, 0.1) is 18.7 Å². The van der Waals surface area contributed by atoms with Crippen molar-refractivity contribution < 1.29 is 28.7 Å². The van der Waals surface area contributed by atoms with E-state index in [1.54, 1.807) is 32.0 Å². The molecule has 0 unspecified atom stereocenters. The highest BCUT2D eigenvalue weighted by molar-refractivity contribution is 6.31. The average Bonchev–Trinajstić information content (AvgIpc) is 3.00. The van der Waals surface area contributed by atoms with Crippen molar-refractivity contribution in [3.8, 4) is 5.75 Å². The molecule has 4 amide bonds. The number of carbonyl (C=O) groups is 4. The summed E-state index contributed by atoms with van der Waals surface area (Å²) in [6, 6.07) is 4.01. The number of amides is 4. The maximum atomic E-state index is 12.3. The van der Waals surface area contributed by atoms with Crippen molar-refractivity contribution in [2.75, 3.05) is 25.2 Å². The third kappa shape index (κ3) is 5.59. The number of anilines is 1. The van der Waals surface area contributed by atoms with Crippen LogP contribution in [0, 0.1) is 5.92 Å². The molecule has 10 heteroatoms. The molecule has 9 nitrogen and oxygen atoms in total. The highest BCUT2D eigenvalue weighted by atomic mass is 35.5. The second-order valence-electron chi connectivity index (χ2n) is 6.51. The lowest BCUT2D eigenvalue weighted by Gasteiger charge is -2.19. The molecule has 1 aromatic rings. The van der Waals surface area contributed by atoms with Gasteiger partial charge in [0.15, 0.2) is 6.61 Å². The summed E-state index contributed by atoms with van der Waals surface area (Å²) in [4.78, 5) is 49.1. The van der Waals surface area contributed by atoms with Crippen molar-refractivity contribution in [3.05, 3.63) is 23.2 Å². The molecule has 1 atom stereocenters. The number of methoxy groups -OCH3 is 1. The SMILES string of the molecule is COc1ccc(Cl)cc1N1C[C@@H](C(=O)OCC(=O)NC(=O)NC(C)C)CC1=O. The highest BCUT2D eigenvalue weighted by Crippen LogP contribution is 2.35. The molecule has 0 spiro atoms. The molecular formula is C18H22ClN3O6.